The molecule has 4 atom stereocenters. The van der Waals surface area contributed by atoms with Gasteiger partial charge in [0.2, 0.25) is 5.91 Å². The van der Waals surface area contributed by atoms with E-state index in [1.54, 1.807) is 30.5 Å². The molecule has 10 heteroatoms. The second kappa shape index (κ2) is 21.8. The lowest BCUT2D eigenvalue weighted by atomic mass is 9.81. The highest BCUT2D eigenvalue weighted by Gasteiger charge is 2.33. The molecule has 50 heavy (non-hydrogen) atoms. The summed E-state index contributed by atoms with van der Waals surface area (Å²) < 4.78 is 18.8. The predicted molar refractivity (Wildman–Crippen MR) is 205 cm³/mol. The van der Waals surface area contributed by atoms with E-state index in [0.717, 1.165) is 55.6 Å². The first-order chi connectivity index (χ1) is 24.0. The molecular weight excluding hydrogens is 651 g/mol. The smallest absolute Gasteiger partial charge is 0.328 e. The van der Waals surface area contributed by atoms with Crippen molar-refractivity contribution in [1.29, 1.82) is 0 Å². The van der Waals surface area contributed by atoms with Crippen LogP contribution in [-0.4, -0.2) is 64.1 Å². The Morgan fingerprint density at radius 1 is 0.960 bits per heavy atom. The van der Waals surface area contributed by atoms with Crippen molar-refractivity contribution in [3.8, 4) is 5.75 Å². The number of aliphatic carboxylic acids is 1. The second-order valence-electron chi connectivity index (χ2n) is 12.4. The number of carbonyl (C=O) groups excluding carboxylic acids is 1. The van der Waals surface area contributed by atoms with E-state index in [-0.39, 0.29) is 12.0 Å². The van der Waals surface area contributed by atoms with E-state index in [4.69, 9.17) is 4.74 Å². The van der Waals surface area contributed by atoms with Gasteiger partial charge in [0.15, 0.2) is 0 Å². The molecule has 0 saturated heterocycles. The van der Waals surface area contributed by atoms with Crippen molar-refractivity contribution >= 4 is 34.1 Å². The lowest BCUT2D eigenvalue weighted by Gasteiger charge is -2.39. The molecule has 0 aliphatic heterocycles. The van der Waals surface area contributed by atoms with Gasteiger partial charge < -0.3 is 30.5 Å². The Balaban J connectivity index is 0.00000425. The minimum Gasteiger partial charge on any atom is -0.487 e. The van der Waals surface area contributed by atoms with Crippen molar-refractivity contribution in [2.75, 3.05) is 36.7 Å². The quantitative estimate of drug-likeness (QED) is 0.0850. The summed E-state index contributed by atoms with van der Waals surface area (Å²) in [5.41, 5.74) is 3.89. The number of para-hydroxylation sites is 1. The maximum Gasteiger partial charge on any atom is 0.328 e. The third-order valence-corrected chi connectivity index (χ3v) is 9.56. The van der Waals surface area contributed by atoms with Crippen LogP contribution >= 0.6 is 0 Å². The van der Waals surface area contributed by atoms with E-state index in [9.17, 15) is 24.0 Å². The molecule has 1 amide bonds. The van der Waals surface area contributed by atoms with E-state index in [0.29, 0.717) is 22.8 Å². The Kier molecular flexibility index (Phi) is 18.3. The number of aliphatic hydroxyl groups is 1. The lowest BCUT2D eigenvalue weighted by Crippen LogP contribution is -2.48. The standard InChI is InChI=1S/C38H51N3O6S.C2H6/c1-6-8-15-22-38(7-2,27-48(5)46)26-41(31-18-13-10-14-19-31)32-20-21-34(28(3)23-32)47-25-29(4)39-35(30-16-11-9-12-17-30)36(43)40-33(24-42)37(44)45;1-2/h9-14,16-21,23,33,35,39,42H,4,6-8,15,22,24-27H2,1-3,5H3,(H,40,43)(H,44,45);1-2H3. The van der Waals surface area contributed by atoms with Crippen LogP contribution < -0.4 is 20.3 Å². The lowest BCUT2D eigenvalue weighted by molar-refractivity contribution is -0.143. The number of benzene rings is 3. The second-order valence-corrected chi connectivity index (χ2v) is 13.8. The number of carboxylic acids is 1. The van der Waals surface area contributed by atoms with Gasteiger partial charge in [0.25, 0.3) is 0 Å². The van der Waals surface area contributed by atoms with E-state index in [1.807, 2.05) is 57.2 Å². The zero-order valence-electron chi connectivity index (χ0n) is 30.6. The molecule has 0 aliphatic carbocycles. The molecule has 0 fully saturated rings. The summed E-state index contributed by atoms with van der Waals surface area (Å²) in [4.78, 5) is 26.8. The number of unbranched alkanes of at least 4 members (excludes halogenated alkanes) is 2. The predicted octanol–water partition coefficient (Wildman–Crippen LogP) is 7.30. The van der Waals surface area contributed by atoms with Crippen LogP contribution in [0.2, 0.25) is 0 Å². The maximum atomic E-state index is 13.1. The summed E-state index contributed by atoms with van der Waals surface area (Å²) in [6, 6.07) is 22.8. The average molecular weight is 708 g/mol. The first kappa shape index (κ1) is 42.0. The number of carbonyl (C=O) groups is 2. The highest BCUT2D eigenvalue weighted by atomic mass is 32.2. The number of aryl methyl sites for hydroxylation is 1. The van der Waals surface area contributed by atoms with Gasteiger partial charge in [0.1, 0.15) is 24.4 Å². The van der Waals surface area contributed by atoms with Gasteiger partial charge in [0, 0.05) is 46.4 Å². The minimum atomic E-state index is -1.44. The van der Waals surface area contributed by atoms with Crippen molar-refractivity contribution in [3.63, 3.8) is 0 Å². The van der Waals surface area contributed by atoms with Crippen LogP contribution in [0, 0.1) is 12.3 Å². The van der Waals surface area contributed by atoms with Gasteiger partial charge in [-0.2, -0.15) is 0 Å². The Bertz CT molecular complexity index is 1500. The number of aliphatic hydroxyl groups excluding tert-OH is 1. The number of anilines is 2. The van der Waals surface area contributed by atoms with Crippen LogP contribution in [0.1, 0.15) is 77.0 Å². The number of nitrogens with zero attached hydrogens (tertiary/aromatic N) is 1. The molecule has 9 nitrogen and oxygen atoms in total. The van der Waals surface area contributed by atoms with Crippen LogP contribution in [-0.2, 0) is 20.4 Å². The van der Waals surface area contributed by atoms with Crippen molar-refractivity contribution in [2.45, 2.75) is 78.8 Å². The Morgan fingerprint density at radius 3 is 2.14 bits per heavy atom. The molecule has 0 radical (unpaired) electrons. The van der Waals surface area contributed by atoms with E-state index in [1.165, 1.54) is 0 Å². The van der Waals surface area contributed by atoms with Crippen LogP contribution in [0.3, 0.4) is 0 Å². The zero-order chi connectivity index (χ0) is 37.1. The molecule has 4 unspecified atom stereocenters. The molecule has 4 N–H and O–H groups in total. The van der Waals surface area contributed by atoms with Gasteiger partial charge in [-0.25, -0.2) is 4.79 Å². The van der Waals surface area contributed by atoms with Gasteiger partial charge in [0.05, 0.1) is 6.61 Å². The van der Waals surface area contributed by atoms with Gasteiger partial charge in [-0.3, -0.25) is 9.00 Å². The largest absolute Gasteiger partial charge is 0.487 e. The molecule has 3 aromatic rings. The topological polar surface area (TPSA) is 128 Å². The summed E-state index contributed by atoms with van der Waals surface area (Å²) in [7, 11) is -0.934. The highest BCUT2D eigenvalue weighted by molar-refractivity contribution is 7.84. The minimum absolute atomic E-state index is 0.0558. The molecule has 0 saturated carbocycles. The number of nitrogens with one attached hydrogen (secondary N) is 2. The summed E-state index contributed by atoms with van der Waals surface area (Å²) in [6.07, 6.45) is 7.11. The molecule has 3 rings (SSSR count). The molecular formula is C40H57N3O6S. The van der Waals surface area contributed by atoms with E-state index < -0.39 is 41.4 Å². The van der Waals surface area contributed by atoms with Crippen molar-refractivity contribution in [1.82, 2.24) is 10.6 Å². The van der Waals surface area contributed by atoms with Crippen LogP contribution in [0.25, 0.3) is 0 Å². The SMILES string of the molecule is C=C(COc1ccc(N(CC(CC)(CCCCC)CS(C)=O)c2ccccc2)cc1C)NC(C(=O)NC(CO)C(=O)O)c1ccccc1.CC. The fourth-order valence-electron chi connectivity index (χ4n) is 5.80. The third-order valence-electron chi connectivity index (χ3n) is 8.54. The van der Waals surface area contributed by atoms with Crippen molar-refractivity contribution in [3.05, 3.63) is 102 Å². The first-order valence-corrected chi connectivity index (χ1v) is 19.2. The summed E-state index contributed by atoms with van der Waals surface area (Å²) >= 11 is 0. The zero-order valence-corrected chi connectivity index (χ0v) is 31.4. The first-order valence-electron chi connectivity index (χ1n) is 17.5. The Labute approximate surface area is 301 Å². The summed E-state index contributed by atoms with van der Waals surface area (Å²) in [5.74, 6) is -0.650. The van der Waals surface area contributed by atoms with Gasteiger partial charge in [-0.1, -0.05) is 102 Å². The van der Waals surface area contributed by atoms with E-state index >= 15 is 0 Å². The normalized spacial score (nSPS) is 13.7. The molecule has 274 valence electrons. The summed E-state index contributed by atoms with van der Waals surface area (Å²) in [5, 5.41) is 24.2. The number of ether oxygens (including phenoxy) is 1. The van der Waals surface area contributed by atoms with Gasteiger partial charge >= 0.3 is 5.97 Å². The molecule has 0 spiro atoms. The number of carboxylic acid groups (broad SMARTS) is 1. The van der Waals surface area contributed by atoms with Crippen molar-refractivity contribution in [2.24, 2.45) is 5.41 Å². The number of rotatable bonds is 21. The van der Waals surface area contributed by atoms with Crippen LogP contribution in [0.15, 0.2) is 91.1 Å². The fourth-order valence-corrected chi connectivity index (χ4v) is 7.11. The summed E-state index contributed by atoms with van der Waals surface area (Å²) in [6.45, 7) is 14.5. The fraction of sp³-hybridized carbons (Fsp3) is 0.450. The average Bonchev–Trinajstić information content (AvgIpc) is 3.12. The van der Waals surface area contributed by atoms with Gasteiger partial charge in [-0.15, -0.1) is 0 Å². The van der Waals surface area contributed by atoms with Crippen LogP contribution in [0.5, 0.6) is 5.75 Å². The Morgan fingerprint density at radius 2 is 1.60 bits per heavy atom. The molecule has 3 aromatic carbocycles. The maximum absolute atomic E-state index is 13.1. The van der Waals surface area contributed by atoms with Crippen molar-refractivity contribution < 1.29 is 28.7 Å². The highest BCUT2D eigenvalue weighted by Crippen LogP contribution is 2.38. The molecule has 0 aliphatic rings. The number of amides is 1. The molecule has 0 heterocycles. The molecule has 0 aromatic heterocycles. The third kappa shape index (κ3) is 12.9. The Hall–Kier alpha value is -4.15. The van der Waals surface area contributed by atoms with Gasteiger partial charge in [-0.05, 0) is 66.6 Å². The molecule has 0 bridgehead atoms. The monoisotopic (exact) mass is 707 g/mol. The van der Waals surface area contributed by atoms with Crippen LogP contribution in [0.4, 0.5) is 11.4 Å². The number of hydrogen-bond acceptors (Lipinski definition) is 7. The number of hydrogen-bond donors (Lipinski definition) is 4. The van der Waals surface area contributed by atoms with E-state index in [2.05, 4.69) is 54.2 Å².